The summed E-state index contributed by atoms with van der Waals surface area (Å²) in [5.74, 6) is 1.21. The van der Waals surface area contributed by atoms with E-state index in [0.29, 0.717) is 22.8 Å². The molecule has 1 unspecified atom stereocenters. The fraction of sp³-hybridized carbons (Fsp3) is 0.0435. The molecule has 0 saturated carbocycles. The second-order valence-electron chi connectivity index (χ2n) is 6.21. The van der Waals surface area contributed by atoms with Crippen molar-refractivity contribution >= 4 is 0 Å². The predicted molar refractivity (Wildman–Crippen MR) is 106 cm³/mol. The van der Waals surface area contributed by atoms with Crippen LogP contribution in [-0.2, 0) is 0 Å². The van der Waals surface area contributed by atoms with Crippen LogP contribution in [0.4, 0.5) is 0 Å². The number of nitrogens with zero attached hydrogens (tertiary/aromatic N) is 4. The van der Waals surface area contributed by atoms with Crippen molar-refractivity contribution < 1.29 is 5.11 Å². The Balaban J connectivity index is 1.84. The van der Waals surface area contributed by atoms with Crippen LogP contribution in [0.2, 0.25) is 0 Å². The van der Waals surface area contributed by atoms with Crippen molar-refractivity contribution in [2.45, 2.75) is 6.10 Å². The maximum Gasteiger partial charge on any atom is 0.166 e. The maximum absolute atomic E-state index is 10.8. The van der Waals surface area contributed by atoms with Crippen LogP contribution in [-0.4, -0.2) is 20.1 Å². The third-order valence-electron chi connectivity index (χ3n) is 4.32. The maximum atomic E-state index is 10.8. The fourth-order valence-corrected chi connectivity index (χ4v) is 2.84. The smallest absolute Gasteiger partial charge is 0.166 e. The van der Waals surface area contributed by atoms with Gasteiger partial charge in [-0.1, -0.05) is 60.7 Å². The SMILES string of the molecule is N#Cc1ccc(-c2nc(-c3ccccc3)nc(C(O)c3ccccc3)n2)cc1. The van der Waals surface area contributed by atoms with Crippen LogP contribution in [0, 0.1) is 11.3 Å². The number of benzene rings is 3. The molecule has 134 valence electrons. The Hall–Kier alpha value is -3.88. The van der Waals surface area contributed by atoms with Crippen LogP contribution >= 0.6 is 0 Å². The molecule has 1 N–H and O–H groups in total. The number of hydrogen-bond donors (Lipinski definition) is 1. The van der Waals surface area contributed by atoms with Crippen molar-refractivity contribution in [1.29, 1.82) is 5.26 Å². The molecule has 0 saturated heterocycles. The van der Waals surface area contributed by atoms with E-state index in [0.717, 1.165) is 11.1 Å². The topological polar surface area (TPSA) is 82.7 Å². The first kappa shape index (κ1) is 17.5. The molecule has 5 nitrogen and oxygen atoms in total. The lowest BCUT2D eigenvalue weighted by Gasteiger charge is -2.13. The Kier molecular flexibility index (Phi) is 4.87. The summed E-state index contributed by atoms with van der Waals surface area (Å²) >= 11 is 0. The first-order chi connectivity index (χ1) is 13.7. The van der Waals surface area contributed by atoms with Gasteiger partial charge in [0.15, 0.2) is 17.5 Å². The van der Waals surface area contributed by atoms with Gasteiger partial charge in [-0.25, -0.2) is 15.0 Å². The highest BCUT2D eigenvalue weighted by Crippen LogP contribution is 2.25. The minimum absolute atomic E-state index is 0.277. The van der Waals surface area contributed by atoms with Crippen LogP contribution in [0.25, 0.3) is 22.8 Å². The van der Waals surface area contributed by atoms with Crippen molar-refractivity contribution in [3.8, 4) is 28.8 Å². The summed E-state index contributed by atoms with van der Waals surface area (Å²) in [6.45, 7) is 0. The zero-order valence-electron chi connectivity index (χ0n) is 14.9. The average molecular weight is 364 g/mol. The molecule has 0 spiro atoms. The van der Waals surface area contributed by atoms with E-state index in [9.17, 15) is 5.11 Å². The van der Waals surface area contributed by atoms with E-state index in [1.807, 2.05) is 60.7 Å². The number of rotatable bonds is 4. The second-order valence-corrected chi connectivity index (χ2v) is 6.21. The van der Waals surface area contributed by atoms with Crippen molar-refractivity contribution in [3.63, 3.8) is 0 Å². The van der Waals surface area contributed by atoms with E-state index in [-0.39, 0.29) is 5.82 Å². The highest BCUT2D eigenvalue weighted by molar-refractivity contribution is 5.61. The molecule has 4 aromatic rings. The van der Waals surface area contributed by atoms with E-state index >= 15 is 0 Å². The van der Waals surface area contributed by atoms with Gasteiger partial charge < -0.3 is 5.11 Å². The minimum atomic E-state index is -0.969. The Bertz CT molecular complexity index is 1120. The third kappa shape index (κ3) is 3.63. The van der Waals surface area contributed by atoms with E-state index in [4.69, 9.17) is 5.26 Å². The summed E-state index contributed by atoms with van der Waals surface area (Å²) in [6.07, 6.45) is -0.969. The molecule has 0 aliphatic carbocycles. The summed E-state index contributed by atoms with van der Waals surface area (Å²) in [5.41, 5.74) is 2.85. The van der Waals surface area contributed by atoms with Crippen molar-refractivity contribution in [3.05, 3.63) is 102 Å². The Morgan fingerprint density at radius 1 is 0.679 bits per heavy atom. The molecule has 1 aromatic heterocycles. The standard InChI is InChI=1S/C23H16N4O/c24-15-16-11-13-19(14-12-16)22-25-21(18-9-5-2-6-10-18)26-23(27-22)20(28)17-7-3-1-4-8-17/h1-14,20,28H. The molecule has 5 heteroatoms. The second kappa shape index (κ2) is 7.78. The third-order valence-corrected chi connectivity index (χ3v) is 4.32. The van der Waals surface area contributed by atoms with Gasteiger partial charge in [0.1, 0.15) is 6.10 Å². The van der Waals surface area contributed by atoms with Crippen molar-refractivity contribution in [2.24, 2.45) is 0 Å². The molecule has 4 rings (SSSR count). The van der Waals surface area contributed by atoms with Gasteiger partial charge in [0.25, 0.3) is 0 Å². The molecule has 0 amide bonds. The molecule has 1 atom stereocenters. The Morgan fingerprint density at radius 2 is 1.21 bits per heavy atom. The number of aromatic nitrogens is 3. The van der Waals surface area contributed by atoms with Gasteiger partial charge in [-0.15, -0.1) is 0 Å². The van der Waals surface area contributed by atoms with E-state index < -0.39 is 6.10 Å². The molecule has 0 aliphatic rings. The van der Waals surface area contributed by atoms with Gasteiger partial charge in [-0.3, -0.25) is 0 Å². The summed E-state index contributed by atoms with van der Waals surface area (Å²) in [5, 5.41) is 19.8. The van der Waals surface area contributed by atoms with Gasteiger partial charge in [0, 0.05) is 11.1 Å². The summed E-state index contributed by atoms with van der Waals surface area (Å²) in [6, 6.07) is 28.0. The first-order valence-electron chi connectivity index (χ1n) is 8.79. The van der Waals surface area contributed by atoms with Gasteiger partial charge >= 0.3 is 0 Å². The predicted octanol–water partition coefficient (Wildman–Crippen LogP) is 4.16. The van der Waals surface area contributed by atoms with Gasteiger partial charge in [-0.05, 0) is 29.8 Å². The number of aliphatic hydroxyl groups is 1. The highest BCUT2D eigenvalue weighted by atomic mass is 16.3. The van der Waals surface area contributed by atoms with Crippen LogP contribution in [0.15, 0.2) is 84.9 Å². The molecule has 3 aromatic carbocycles. The number of aliphatic hydroxyl groups excluding tert-OH is 1. The average Bonchev–Trinajstić information content (AvgIpc) is 2.79. The van der Waals surface area contributed by atoms with Crippen LogP contribution in [0.3, 0.4) is 0 Å². The monoisotopic (exact) mass is 364 g/mol. The zero-order chi connectivity index (χ0) is 19.3. The van der Waals surface area contributed by atoms with Crippen LogP contribution < -0.4 is 0 Å². The Labute approximate surface area is 162 Å². The minimum Gasteiger partial charge on any atom is -0.380 e. The lowest BCUT2D eigenvalue weighted by atomic mass is 10.1. The quantitative estimate of drug-likeness (QED) is 0.588. The van der Waals surface area contributed by atoms with E-state index in [2.05, 4.69) is 21.0 Å². The van der Waals surface area contributed by atoms with E-state index in [1.54, 1.807) is 24.3 Å². The molecular formula is C23H16N4O. The molecule has 1 heterocycles. The van der Waals surface area contributed by atoms with Crippen LogP contribution in [0.1, 0.15) is 23.1 Å². The zero-order valence-corrected chi connectivity index (χ0v) is 14.9. The van der Waals surface area contributed by atoms with E-state index in [1.165, 1.54) is 0 Å². The summed E-state index contributed by atoms with van der Waals surface area (Å²) in [4.78, 5) is 13.6. The van der Waals surface area contributed by atoms with Gasteiger partial charge in [0.05, 0.1) is 11.6 Å². The molecule has 28 heavy (non-hydrogen) atoms. The molecule has 0 radical (unpaired) electrons. The molecule has 0 aliphatic heterocycles. The molecule has 0 bridgehead atoms. The molecular weight excluding hydrogens is 348 g/mol. The van der Waals surface area contributed by atoms with Gasteiger partial charge in [0.2, 0.25) is 0 Å². The Morgan fingerprint density at radius 3 is 1.79 bits per heavy atom. The lowest BCUT2D eigenvalue weighted by Crippen LogP contribution is -2.09. The van der Waals surface area contributed by atoms with Crippen LogP contribution in [0.5, 0.6) is 0 Å². The highest BCUT2D eigenvalue weighted by Gasteiger charge is 2.18. The molecule has 0 fully saturated rings. The largest absolute Gasteiger partial charge is 0.380 e. The summed E-state index contributed by atoms with van der Waals surface area (Å²) in [7, 11) is 0. The van der Waals surface area contributed by atoms with Crippen molar-refractivity contribution in [2.75, 3.05) is 0 Å². The fourth-order valence-electron chi connectivity index (χ4n) is 2.84. The lowest BCUT2D eigenvalue weighted by molar-refractivity contribution is 0.210. The van der Waals surface area contributed by atoms with Crippen molar-refractivity contribution in [1.82, 2.24) is 15.0 Å². The number of nitriles is 1. The number of hydrogen-bond acceptors (Lipinski definition) is 5. The first-order valence-corrected chi connectivity index (χ1v) is 8.79. The normalized spacial score (nSPS) is 11.6. The van der Waals surface area contributed by atoms with Gasteiger partial charge in [-0.2, -0.15) is 5.26 Å². The summed E-state index contributed by atoms with van der Waals surface area (Å²) < 4.78 is 0.